The van der Waals surface area contributed by atoms with Crippen LogP contribution in [-0.4, -0.2) is 78.1 Å². The summed E-state index contributed by atoms with van der Waals surface area (Å²) in [5.41, 5.74) is 0. The van der Waals surface area contributed by atoms with Crippen molar-refractivity contribution in [2.75, 3.05) is 67.2 Å². The van der Waals surface area contributed by atoms with Crippen molar-refractivity contribution in [3.05, 3.63) is 0 Å². The lowest BCUT2D eigenvalue weighted by Gasteiger charge is -2.18. The van der Waals surface area contributed by atoms with E-state index < -0.39 is 0 Å². The molecule has 0 bridgehead atoms. The second kappa shape index (κ2) is 15.5. The molecule has 2 N–H and O–H groups in total. The Morgan fingerprint density at radius 3 is 2.48 bits per heavy atom. The molecular weight excluding hydrogens is 268 g/mol. The van der Waals surface area contributed by atoms with Crippen molar-refractivity contribution in [1.29, 1.82) is 0 Å². The molecule has 126 valence electrons. The molecule has 21 heavy (non-hydrogen) atoms. The summed E-state index contributed by atoms with van der Waals surface area (Å²) in [6, 6.07) is 0. The van der Waals surface area contributed by atoms with E-state index >= 15 is 0 Å². The maximum atomic E-state index is 5.41. The predicted octanol–water partition coefficient (Wildman–Crippen LogP) is 0.936. The third-order valence-corrected chi connectivity index (χ3v) is 3.09. The molecular formula is C15H34N4O2. The molecule has 0 aliphatic heterocycles. The van der Waals surface area contributed by atoms with Gasteiger partial charge >= 0.3 is 0 Å². The SMILES string of the molecule is CCCCN(C)CCNC(=NC)NCCCOCCOC. The van der Waals surface area contributed by atoms with Crippen molar-refractivity contribution < 1.29 is 9.47 Å². The minimum absolute atomic E-state index is 0.655. The molecule has 0 radical (unpaired) electrons. The van der Waals surface area contributed by atoms with Gasteiger partial charge in [-0.2, -0.15) is 0 Å². The maximum absolute atomic E-state index is 5.41. The quantitative estimate of drug-likeness (QED) is 0.301. The Balaban J connectivity index is 3.50. The highest BCUT2D eigenvalue weighted by atomic mass is 16.5. The van der Waals surface area contributed by atoms with E-state index in [9.17, 15) is 0 Å². The largest absolute Gasteiger partial charge is 0.382 e. The lowest BCUT2D eigenvalue weighted by Crippen LogP contribution is -2.41. The lowest BCUT2D eigenvalue weighted by atomic mass is 10.3. The maximum Gasteiger partial charge on any atom is 0.191 e. The molecule has 0 amide bonds. The smallest absolute Gasteiger partial charge is 0.191 e. The Hall–Kier alpha value is -0.850. The summed E-state index contributed by atoms with van der Waals surface area (Å²) in [6.07, 6.45) is 3.46. The van der Waals surface area contributed by atoms with Crippen LogP contribution in [0.25, 0.3) is 0 Å². The molecule has 0 aliphatic carbocycles. The number of likely N-dealkylation sites (N-methyl/N-ethyl adjacent to an activating group) is 1. The number of nitrogens with zero attached hydrogens (tertiary/aromatic N) is 2. The topological polar surface area (TPSA) is 58.1 Å². The van der Waals surface area contributed by atoms with Gasteiger partial charge in [-0.25, -0.2) is 0 Å². The van der Waals surface area contributed by atoms with Crippen molar-refractivity contribution >= 4 is 5.96 Å². The van der Waals surface area contributed by atoms with E-state index in [4.69, 9.17) is 9.47 Å². The van der Waals surface area contributed by atoms with Gasteiger partial charge in [0.1, 0.15) is 0 Å². The third-order valence-electron chi connectivity index (χ3n) is 3.09. The zero-order chi connectivity index (χ0) is 15.8. The average Bonchev–Trinajstić information content (AvgIpc) is 2.50. The first kappa shape index (κ1) is 20.1. The minimum Gasteiger partial charge on any atom is -0.382 e. The molecule has 0 aromatic rings. The molecule has 0 fully saturated rings. The van der Waals surface area contributed by atoms with Crippen LogP contribution in [0.3, 0.4) is 0 Å². The van der Waals surface area contributed by atoms with Gasteiger partial charge in [0.2, 0.25) is 0 Å². The van der Waals surface area contributed by atoms with E-state index in [1.54, 1.807) is 14.2 Å². The molecule has 0 atom stereocenters. The summed E-state index contributed by atoms with van der Waals surface area (Å²) in [5.74, 6) is 0.857. The number of aliphatic imine (C=N–C) groups is 1. The van der Waals surface area contributed by atoms with Crippen LogP contribution >= 0.6 is 0 Å². The number of ether oxygens (including phenoxy) is 2. The second-order valence-electron chi connectivity index (χ2n) is 5.04. The first-order valence-electron chi connectivity index (χ1n) is 7.94. The fourth-order valence-electron chi connectivity index (χ4n) is 1.75. The highest BCUT2D eigenvalue weighted by Gasteiger charge is 1.99. The Labute approximate surface area is 130 Å². The van der Waals surface area contributed by atoms with Gasteiger partial charge in [0.25, 0.3) is 0 Å². The van der Waals surface area contributed by atoms with Crippen LogP contribution in [0.15, 0.2) is 4.99 Å². The molecule has 6 heteroatoms. The van der Waals surface area contributed by atoms with Gasteiger partial charge in [-0.05, 0) is 26.4 Å². The van der Waals surface area contributed by atoms with Crippen molar-refractivity contribution in [2.24, 2.45) is 4.99 Å². The minimum atomic E-state index is 0.655. The van der Waals surface area contributed by atoms with Gasteiger partial charge in [0.05, 0.1) is 13.2 Å². The predicted molar refractivity (Wildman–Crippen MR) is 89.1 cm³/mol. The van der Waals surface area contributed by atoms with Crippen molar-refractivity contribution in [1.82, 2.24) is 15.5 Å². The van der Waals surface area contributed by atoms with Gasteiger partial charge in [-0.3, -0.25) is 4.99 Å². The molecule has 0 spiro atoms. The van der Waals surface area contributed by atoms with Crippen LogP contribution in [0.4, 0.5) is 0 Å². The zero-order valence-corrected chi connectivity index (χ0v) is 14.3. The molecule has 0 saturated carbocycles. The monoisotopic (exact) mass is 302 g/mol. The van der Waals surface area contributed by atoms with E-state index in [2.05, 4.69) is 34.5 Å². The molecule has 0 aromatic carbocycles. The number of unbranched alkanes of at least 4 members (excludes halogenated alkanes) is 1. The molecule has 0 aliphatic rings. The van der Waals surface area contributed by atoms with Crippen molar-refractivity contribution in [3.8, 4) is 0 Å². The number of guanidine groups is 1. The van der Waals surface area contributed by atoms with Crippen LogP contribution in [0, 0.1) is 0 Å². The molecule has 0 aromatic heterocycles. The number of rotatable bonds is 13. The summed E-state index contributed by atoms with van der Waals surface area (Å²) in [5, 5.41) is 6.61. The van der Waals surface area contributed by atoms with Gasteiger partial charge in [0, 0.05) is 40.4 Å². The van der Waals surface area contributed by atoms with Gasteiger partial charge < -0.3 is 25.0 Å². The third kappa shape index (κ3) is 13.9. The number of nitrogens with one attached hydrogen (secondary N) is 2. The van der Waals surface area contributed by atoms with Gasteiger partial charge in [-0.1, -0.05) is 13.3 Å². The summed E-state index contributed by atoms with van der Waals surface area (Å²) >= 11 is 0. The van der Waals surface area contributed by atoms with Crippen molar-refractivity contribution in [3.63, 3.8) is 0 Å². The summed E-state index contributed by atoms with van der Waals surface area (Å²) in [6.45, 7) is 8.23. The zero-order valence-electron chi connectivity index (χ0n) is 14.3. The van der Waals surface area contributed by atoms with E-state index in [1.165, 1.54) is 12.8 Å². The Morgan fingerprint density at radius 2 is 1.81 bits per heavy atom. The summed E-state index contributed by atoms with van der Waals surface area (Å²) < 4.78 is 10.3. The first-order chi connectivity index (χ1) is 10.2. The highest BCUT2D eigenvalue weighted by molar-refractivity contribution is 5.79. The summed E-state index contributed by atoms with van der Waals surface area (Å²) in [4.78, 5) is 6.55. The van der Waals surface area contributed by atoms with E-state index in [-0.39, 0.29) is 0 Å². The Bertz CT molecular complexity index is 250. The average molecular weight is 302 g/mol. The number of hydrogen-bond acceptors (Lipinski definition) is 4. The normalized spacial score (nSPS) is 12.0. The van der Waals surface area contributed by atoms with E-state index in [1.807, 2.05) is 0 Å². The molecule has 6 nitrogen and oxygen atoms in total. The van der Waals surface area contributed by atoms with Crippen LogP contribution in [-0.2, 0) is 9.47 Å². The van der Waals surface area contributed by atoms with Crippen LogP contribution in [0.1, 0.15) is 26.2 Å². The second-order valence-corrected chi connectivity index (χ2v) is 5.04. The highest BCUT2D eigenvalue weighted by Crippen LogP contribution is 1.90. The van der Waals surface area contributed by atoms with Gasteiger partial charge in [0.15, 0.2) is 5.96 Å². The van der Waals surface area contributed by atoms with Crippen molar-refractivity contribution in [2.45, 2.75) is 26.2 Å². The molecule has 0 unspecified atom stereocenters. The fraction of sp³-hybridized carbons (Fsp3) is 0.933. The fourth-order valence-corrected chi connectivity index (χ4v) is 1.75. The number of methoxy groups -OCH3 is 1. The Kier molecular flexibility index (Phi) is 14.9. The Morgan fingerprint density at radius 1 is 1.05 bits per heavy atom. The van der Waals surface area contributed by atoms with E-state index in [0.29, 0.717) is 13.2 Å². The molecule has 0 saturated heterocycles. The van der Waals surface area contributed by atoms with Gasteiger partial charge in [-0.15, -0.1) is 0 Å². The number of hydrogen-bond donors (Lipinski definition) is 2. The molecule has 0 heterocycles. The molecule has 0 rings (SSSR count). The van der Waals surface area contributed by atoms with Crippen LogP contribution in [0.5, 0.6) is 0 Å². The lowest BCUT2D eigenvalue weighted by molar-refractivity contribution is 0.0698. The van der Waals surface area contributed by atoms with Crippen LogP contribution < -0.4 is 10.6 Å². The van der Waals surface area contributed by atoms with E-state index in [0.717, 1.165) is 45.2 Å². The first-order valence-corrected chi connectivity index (χ1v) is 7.94. The van der Waals surface area contributed by atoms with Crippen LogP contribution in [0.2, 0.25) is 0 Å². The summed E-state index contributed by atoms with van der Waals surface area (Å²) in [7, 11) is 5.64. The standard InChI is InChI=1S/C15H34N4O2/c1-5-6-10-19(3)11-9-18-15(16-2)17-8-7-12-21-14-13-20-4/h5-14H2,1-4H3,(H2,16,17,18).